The molecule has 1 aromatic carbocycles. The van der Waals surface area contributed by atoms with E-state index in [0.29, 0.717) is 5.58 Å². The normalized spacial score (nSPS) is 10.7. The van der Waals surface area contributed by atoms with Crippen LogP contribution in [0.1, 0.15) is 21.7 Å². The highest BCUT2D eigenvalue weighted by atomic mass is 16.4. The third kappa shape index (κ3) is 1.27. The number of benzene rings is 1. The highest BCUT2D eigenvalue weighted by Crippen LogP contribution is 2.24. The van der Waals surface area contributed by atoms with Crippen LogP contribution in [0.15, 0.2) is 22.6 Å². The van der Waals surface area contributed by atoms with Gasteiger partial charge in [0.2, 0.25) is 5.76 Å². The molecule has 0 aliphatic carbocycles. The number of furan rings is 1. The fourth-order valence-electron chi connectivity index (χ4n) is 1.62. The van der Waals surface area contributed by atoms with Gasteiger partial charge in [0.15, 0.2) is 0 Å². The van der Waals surface area contributed by atoms with Crippen LogP contribution in [0.4, 0.5) is 0 Å². The number of carboxylic acids is 1. The summed E-state index contributed by atoms with van der Waals surface area (Å²) in [4.78, 5) is 10.7. The van der Waals surface area contributed by atoms with Crippen molar-refractivity contribution in [2.75, 3.05) is 0 Å². The van der Waals surface area contributed by atoms with Gasteiger partial charge in [0.25, 0.3) is 0 Å². The van der Waals surface area contributed by atoms with Gasteiger partial charge < -0.3 is 9.52 Å². The second-order valence-electron chi connectivity index (χ2n) is 3.42. The topological polar surface area (TPSA) is 50.4 Å². The summed E-state index contributed by atoms with van der Waals surface area (Å²) in [5.74, 6) is -1.04. The van der Waals surface area contributed by atoms with Gasteiger partial charge >= 0.3 is 5.97 Å². The molecule has 0 saturated heterocycles. The predicted molar refractivity (Wildman–Crippen MR) is 52.6 cm³/mol. The lowest BCUT2D eigenvalue weighted by Gasteiger charge is -1.96. The number of hydrogen-bond donors (Lipinski definition) is 1. The van der Waals surface area contributed by atoms with E-state index in [1.165, 1.54) is 0 Å². The largest absolute Gasteiger partial charge is 0.475 e. The Morgan fingerprint density at radius 2 is 2.00 bits per heavy atom. The summed E-state index contributed by atoms with van der Waals surface area (Å²) in [6, 6.07) is 5.44. The van der Waals surface area contributed by atoms with Gasteiger partial charge in [-0.25, -0.2) is 4.79 Å². The highest BCUT2D eigenvalue weighted by molar-refractivity contribution is 5.92. The molecule has 0 radical (unpaired) electrons. The minimum atomic E-state index is -1.03. The molecule has 72 valence electrons. The molecule has 0 saturated carbocycles. The lowest BCUT2D eigenvalue weighted by molar-refractivity contribution is 0.0665. The van der Waals surface area contributed by atoms with Gasteiger partial charge in [-0.2, -0.15) is 0 Å². The molecule has 3 nitrogen and oxygen atoms in total. The molecular weight excluding hydrogens is 180 g/mol. The second kappa shape index (κ2) is 2.87. The maximum absolute atomic E-state index is 10.7. The summed E-state index contributed by atoms with van der Waals surface area (Å²) < 4.78 is 5.22. The molecule has 14 heavy (non-hydrogen) atoms. The minimum Gasteiger partial charge on any atom is -0.475 e. The molecule has 3 heteroatoms. The summed E-state index contributed by atoms with van der Waals surface area (Å²) in [5.41, 5.74) is 2.73. The Kier molecular flexibility index (Phi) is 1.81. The molecule has 0 atom stereocenters. The number of aryl methyl sites for hydroxylation is 2. The van der Waals surface area contributed by atoms with Gasteiger partial charge in [0, 0.05) is 5.39 Å². The Morgan fingerprint density at radius 1 is 1.29 bits per heavy atom. The van der Waals surface area contributed by atoms with Crippen LogP contribution in [0.3, 0.4) is 0 Å². The Morgan fingerprint density at radius 3 is 2.64 bits per heavy atom. The summed E-state index contributed by atoms with van der Waals surface area (Å²) in [7, 11) is 0. The van der Waals surface area contributed by atoms with Gasteiger partial charge in [-0.05, 0) is 37.1 Å². The maximum Gasteiger partial charge on any atom is 0.371 e. The third-order valence-corrected chi connectivity index (χ3v) is 2.16. The molecule has 2 rings (SSSR count). The molecule has 2 aromatic rings. The average Bonchev–Trinajstić information content (AvgIpc) is 2.47. The van der Waals surface area contributed by atoms with Crippen molar-refractivity contribution in [1.29, 1.82) is 0 Å². The van der Waals surface area contributed by atoms with E-state index >= 15 is 0 Å². The molecule has 0 unspecified atom stereocenters. The summed E-state index contributed by atoms with van der Waals surface area (Å²) in [5, 5.41) is 9.60. The van der Waals surface area contributed by atoms with Crippen molar-refractivity contribution in [2.45, 2.75) is 13.8 Å². The highest BCUT2D eigenvalue weighted by Gasteiger charge is 2.11. The fraction of sp³-hybridized carbons (Fsp3) is 0.182. The lowest BCUT2D eigenvalue weighted by atomic mass is 10.1. The average molecular weight is 190 g/mol. The van der Waals surface area contributed by atoms with Crippen LogP contribution in [0.5, 0.6) is 0 Å². The molecule has 1 N–H and O–H groups in total. The maximum atomic E-state index is 10.7. The first kappa shape index (κ1) is 8.81. The van der Waals surface area contributed by atoms with E-state index in [9.17, 15) is 4.79 Å². The van der Waals surface area contributed by atoms with E-state index in [4.69, 9.17) is 9.52 Å². The van der Waals surface area contributed by atoms with Crippen molar-refractivity contribution < 1.29 is 14.3 Å². The van der Waals surface area contributed by atoms with Crippen molar-refractivity contribution in [2.24, 2.45) is 0 Å². The van der Waals surface area contributed by atoms with Crippen LogP contribution in [0.25, 0.3) is 11.0 Å². The minimum absolute atomic E-state index is 0.00583. The summed E-state index contributed by atoms with van der Waals surface area (Å²) in [6.45, 7) is 3.88. The van der Waals surface area contributed by atoms with Crippen LogP contribution in [-0.2, 0) is 0 Å². The zero-order valence-electron chi connectivity index (χ0n) is 8.00. The Balaban J connectivity index is 2.76. The second-order valence-corrected chi connectivity index (χ2v) is 3.42. The van der Waals surface area contributed by atoms with E-state index < -0.39 is 5.97 Å². The Labute approximate surface area is 81.0 Å². The fourth-order valence-corrected chi connectivity index (χ4v) is 1.62. The first-order valence-corrected chi connectivity index (χ1v) is 4.32. The first-order chi connectivity index (χ1) is 6.58. The Bertz CT molecular complexity index is 508. The van der Waals surface area contributed by atoms with Crippen LogP contribution in [-0.4, -0.2) is 11.1 Å². The molecule has 0 aliphatic heterocycles. The number of fused-ring (bicyclic) bond motifs is 1. The van der Waals surface area contributed by atoms with Gasteiger partial charge in [0.05, 0.1) is 0 Å². The van der Waals surface area contributed by atoms with Gasteiger partial charge in [-0.1, -0.05) is 6.07 Å². The van der Waals surface area contributed by atoms with Crippen LogP contribution >= 0.6 is 0 Å². The van der Waals surface area contributed by atoms with Gasteiger partial charge in [0.1, 0.15) is 5.58 Å². The molecule has 1 aromatic heterocycles. The van der Waals surface area contributed by atoms with Crippen molar-refractivity contribution in [3.05, 3.63) is 35.1 Å². The number of rotatable bonds is 1. The molecule has 1 heterocycles. The Hall–Kier alpha value is -1.77. The van der Waals surface area contributed by atoms with E-state index in [1.807, 2.05) is 26.0 Å². The molecule has 0 aliphatic rings. The molecular formula is C11H10O3. The van der Waals surface area contributed by atoms with Gasteiger partial charge in [-0.15, -0.1) is 0 Å². The molecule has 0 fully saturated rings. The number of aromatic carboxylic acids is 1. The molecule has 0 bridgehead atoms. The quantitative estimate of drug-likeness (QED) is 0.752. The van der Waals surface area contributed by atoms with Crippen LogP contribution in [0, 0.1) is 13.8 Å². The first-order valence-electron chi connectivity index (χ1n) is 4.32. The van der Waals surface area contributed by atoms with E-state index in [-0.39, 0.29) is 5.76 Å². The van der Waals surface area contributed by atoms with E-state index in [2.05, 4.69) is 0 Å². The summed E-state index contributed by atoms with van der Waals surface area (Å²) in [6.07, 6.45) is 0. The SMILES string of the molecule is Cc1cc(C)c2oc(C(=O)O)cc2c1. The van der Waals surface area contributed by atoms with Crippen molar-refractivity contribution >= 4 is 16.9 Å². The van der Waals surface area contributed by atoms with Crippen LogP contribution in [0.2, 0.25) is 0 Å². The van der Waals surface area contributed by atoms with Crippen molar-refractivity contribution in [1.82, 2.24) is 0 Å². The lowest BCUT2D eigenvalue weighted by Crippen LogP contribution is -1.91. The van der Waals surface area contributed by atoms with Gasteiger partial charge in [-0.3, -0.25) is 0 Å². The molecule has 0 amide bonds. The zero-order chi connectivity index (χ0) is 10.3. The van der Waals surface area contributed by atoms with E-state index in [0.717, 1.165) is 16.5 Å². The smallest absolute Gasteiger partial charge is 0.371 e. The van der Waals surface area contributed by atoms with Crippen molar-refractivity contribution in [3.8, 4) is 0 Å². The molecule has 0 spiro atoms. The number of hydrogen-bond acceptors (Lipinski definition) is 2. The third-order valence-electron chi connectivity index (χ3n) is 2.16. The predicted octanol–water partition coefficient (Wildman–Crippen LogP) is 2.75. The number of carboxylic acid groups (broad SMARTS) is 1. The van der Waals surface area contributed by atoms with Crippen molar-refractivity contribution in [3.63, 3.8) is 0 Å². The summed E-state index contributed by atoms with van der Waals surface area (Å²) >= 11 is 0. The standard InChI is InChI=1S/C11H10O3/c1-6-3-7(2)10-8(4-6)5-9(14-10)11(12)13/h3-5H,1-2H3,(H,12,13). The number of carbonyl (C=O) groups is 1. The van der Waals surface area contributed by atoms with Crippen LogP contribution < -0.4 is 0 Å². The van der Waals surface area contributed by atoms with E-state index in [1.54, 1.807) is 6.07 Å². The zero-order valence-corrected chi connectivity index (χ0v) is 8.00. The monoisotopic (exact) mass is 190 g/mol.